The van der Waals surface area contributed by atoms with Crippen LogP contribution in [-0.4, -0.2) is 41.7 Å². The standard InChI is InChI=1S/C23H23N3O5S/c1-4-30-17(27)12-32-23-20-19(15-9-7-11-26(15)21(20)24)18(13(2)31-23)22(28)25-14-8-5-6-10-16(14)29-3/h5-11,19,24H,4,12H2,1-3H3,(H,25,28). The predicted octanol–water partition coefficient (Wildman–Crippen LogP) is 3.87. The van der Waals surface area contributed by atoms with Crippen molar-refractivity contribution >= 4 is 35.2 Å². The molecule has 2 N–H and O–H groups in total. The van der Waals surface area contributed by atoms with E-state index in [1.54, 1.807) is 36.7 Å². The highest BCUT2D eigenvalue weighted by atomic mass is 32.2. The molecule has 1 unspecified atom stereocenters. The number of para-hydroxylation sites is 2. The molecule has 0 fully saturated rings. The third-order valence-corrected chi connectivity index (χ3v) is 6.17. The number of benzene rings is 1. The summed E-state index contributed by atoms with van der Waals surface area (Å²) in [4.78, 5) is 25.3. The summed E-state index contributed by atoms with van der Waals surface area (Å²) in [5.41, 5.74) is 2.31. The lowest BCUT2D eigenvalue weighted by Crippen LogP contribution is -2.25. The maximum absolute atomic E-state index is 13.4. The maximum atomic E-state index is 13.4. The molecule has 0 spiro atoms. The molecule has 32 heavy (non-hydrogen) atoms. The number of amides is 1. The van der Waals surface area contributed by atoms with Gasteiger partial charge in [0.25, 0.3) is 5.91 Å². The number of fused-ring (bicyclic) bond motifs is 3. The number of thioether (sulfide) groups is 1. The topological polar surface area (TPSA) is 103 Å². The molecule has 0 aliphatic carbocycles. The lowest BCUT2D eigenvalue weighted by atomic mass is 9.87. The Kier molecular flexibility index (Phi) is 6.09. The van der Waals surface area contributed by atoms with Crippen molar-refractivity contribution in [3.8, 4) is 5.75 Å². The molecule has 4 rings (SSSR count). The highest BCUT2D eigenvalue weighted by Crippen LogP contribution is 2.48. The van der Waals surface area contributed by atoms with Crippen LogP contribution in [0.2, 0.25) is 0 Å². The number of anilines is 1. The molecule has 8 nitrogen and oxygen atoms in total. The molecule has 1 aromatic heterocycles. The average Bonchev–Trinajstić information content (AvgIpc) is 3.36. The number of esters is 1. The molecule has 9 heteroatoms. The first-order chi connectivity index (χ1) is 15.5. The highest BCUT2D eigenvalue weighted by molar-refractivity contribution is 8.03. The second kappa shape index (κ2) is 8.96. The zero-order valence-corrected chi connectivity index (χ0v) is 18.7. The number of nitrogens with zero attached hydrogens (tertiary/aromatic N) is 1. The van der Waals surface area contributed by atoms with Crippen molar-refractivity contribution in [1.29, 1.82) is 5.41 Å². The van der Waals surface area contributed by atoms with Crippen LogP contribution in [0.4, 0.5) is 5.69 Å². The molecule has 1 atom stereocenters. The van der Waals surface area contributed by atoms with E-state index in [0.717, 1.165) is 5.69 Å². The van der Waals surface area contributed by atoms with E-state index < -0.39 is 5.92 Å². The van der Waals surface area contributed by atoms with Gasteiger partial charge in [0.15, 0.2) is 5.09 Å². The van der Waals surface area contributed by atoms with Gasteiger partial charge >= 0.3 is 5.97 Å². The normalized spacial score (nSPS) is 17.0. The van der Waals surface area contributed by atoms with Crippen LogP contribution < -0.4 is 10.1 Å². The first-order valence-electron chi connectivity index (χ1n) is 10.1. The van der Waals surface area contributed by atoms with Gasteiger partial charge in [0.1, 0.15) is 17.3 Å². The quantitative estimate of drug-likeness (QED) is 0.617. The molecule has 2 aliphatic heterocycles. The van der Waals surface area contributed by atoms with Gasteiger partial charge in [-0.25, -0.2) is 0 Å². The minimum absolute atomic E-state index is 0.0532. The summed E-state index contributed by atoms with van der Waals surface area (Å²) >= 11 is 1.17. The zero-order valence-electron chi connectivity index (χ0n) is 17.9. The van der Waals surface area contributed by atoms with Gasteiger partial charge in [0.2, 0.25) is 0 Å². The highest BCUT2D eigenvalue weighted by Gasteiger charge is 2.44. The van der Waals surface area contributed by atoms with Crippen LogP contribution in [0.1, 0.15) is 25.5 Å². The fourth-order valence-electron chi connectivity index (χ4n) is 3.87. The number of allylic oxidation sites excluding steroid dienone is 2. The summed E-state index contributed by atoms with van der Waals surface area (Å²) in [6.07, 6.45) is 1.78. The summed E-state index contributed by atoms with van der Waals surface area (Å²) in [5.74, 6) is 0.0434. The van der Waals surface area contributed by atoms with Gasteiger partial charge < -0.3 is 24.1 Å². The lowest BCUT2D eigenvalue weighted by molar-refractivity contribution is -0.139. The van der Waals surface area contributed by atoms with E-state index in [0.29, 0.717) is 40.0 Å². The van der Waals surface area contributed by atoms with E-state index in [-0.39, 0.29) is 23.5 Å². The van der Waals surface area contributed by atoms with E-state index in [1.807, 2.05) is 24.3 Å². The van der Waals surface area contributed by atoms with Crippen molar-refractivity contribution in [3.05, 3.63) is 70.3 Å². The molecule has 0 saturated heterocycles. The SMILES string of the molecule is CCOC(=O)CSC1=C2C(=N)n3cccc3C2C(C(=O)Nc2ccccc2OC)=C(C)O1. The first-order valence-corrected chi connectivity index (χ1v) is 11.1. The van der Waals surface area contributed by atoms with Crippen molar-refractivity contribution < 1.29 is 23.8 Å². The Bertz CT molecular complexity index is 1160. The molecule has 3 heterocycles. The van der Waals surface area contributed by atoms with Crippen molar-refractivity contribution in [3.63, 3.8) is 0 Å². The number of aromatic nitrogens is 1. The second-order valence-corrected chi connectivity index (χ2v) is 8.05. The Labute approximate surface area is 189 Å². The third-order valence-electron chi connectivity index (χ3n) is 5.22. The fourth-order valence-corrected chi connectivity index (χ4v) is 4.76. The number of hydrogen-bond acceptors (Lipinski definition) is 7. The molecule has 1 amide bonds. The Hall–Kier alpha value is -3.46. The van der Waals surface area contributed by atoms with Gasteiger partial charge in [-0.1, -0.05) is 23.9 Å². The average molecular weight is 454 g/mol. The molecular weight excluding hydrogens is 430 g/mol. The van der Waals surface area contributed by atoms with Crippen molar-refractivity contribution in [2.45, 2.75) is 19.8 Å². The number of methoxy groups -OCH3 is 1. The molecule has 0 radical (unpaired) electrons. The number of hydrogen-bond donors (Lipinski definition) is 2. The summed E-state index contributed by atoms with van der Waals surface area (Å²) in [6, 6.07) is 10.9. The molecule has 2 aliphatic rings. The van der Waals surface area contributed by atoms with Crippen LogP contribution in [-0.2, 0) is 19.1 Å². The molecule has 166 valence electrons. The van der Waals surface area contributed by atoms with Crippen LogP contribution in [0.5, 0.6) is 5.75 Å². The van der Waals surface area contributed by atoms with Gasteiger partial charge in [0, 0.05) is 11.9 Å². The molecule has 2 aromatic rings. The predicted molar refractivity (Wildman–Crippen MR) is 122 cm³/mol. The maximum Gasteiger partial charge on any atom is 0.316 e. The second-order valence-electron chi connectivity index (χ2n) is 7.11. The Balaban J connectivity index is 1.69. The van der Waals surface area contributed by atoms with E-state index in [9.17, 15) is 9.59 Å². The number of ether oxygens (including phenoxy) is 3. The molecular formula is C23H23N3O5S. The van der Waals surface area contributed by atoms with Crippen molar-refractivity contribution in [1.82, 2.24) is 4.57 Å². The number of rotatable bonds is 7. The number of carbonyl (C=O) groups is 2. The van der Waals surface area contributed by atoms with Crippen molar-refractivity contribution in [2.75, 3.05) is 24.8 Å². The van der Waals surface area contributed by atoms with Gasteiger partial charge in [-0.2, -0.15) is 0 Å². The van der Waals surface area contributed by atoms with E-state index in [1.165, 1.54) is 18.9 Å². The van der Waals surface area contributed by atoms with Gasteiger partial charge in [-0.05, 0) is 38.1 Å². The van der Waals surface area contributed by atoms with Crippen molar-refractivity contribution in [2.24, 2.45) is 0 Å². The molecule has 1 aromatic carbocycles. The largest absolute Gasteiger partial charge is 0.495 e. The van der Waals surface area contributed by atoms with Crippen LogP contribution in [0.3, 0.4) is 0 Å². The number of carbonyl (C=O) groups excluding carboxylic acids is 2. The lowest BCUT2D eigenvalue weighted by Gasteiger charge is -2.26. The minimum atomic E-state index is -0.481. The van der Waals surface area contributed by atoms with Crippen LogP contribution in [0.25, 0.3) is 0 Å². The Morgan fingerprint density at radius 3 is 2.78 bits per heavy atom. The van der Waals surface area contributed by atoms with E-state index in [4.69, 9.17) is 19.6 Å². The van der Waals surface area contributed by atoms with Crippen LogP contribution in [0, 0.1) is 5.41 Å². The first kappa shape index (κ1) is 21.8. The number of nitrogens with one attached hydrogen (secondary N) is 2. The molecule has 0 bridgehead atoms. The van der Waals surface area contributed by atoms with Crippen LogP contribution >= 0.6 is 11.8 Å². The monoisotopic (exact) mass is 453 g/mol. The van der Waals surface area contributed by atoms with Gasteiger partial charge in [-0.3, -0.25) is 15.0 Å². The minimum Gasteiger partial charge on any atom is -0.495 e. The zero-order chi connectivity index (χ0) is 22.8. The third kappa shape index (κ3) is 3.80. The van der Waals surface area contributed by atoms with Gasteiger partial charge in [-0.15, -0.1) is 0 Å². The summed E-state index contributed by atoms with van der Waals surface area (Å²) in [6.45, 7) is 3.76. The summed E-state index contributed by atoms with van der Waals surface area (Å²) < 4.78 is 18.1. The van der Waals surface area contributed by atoms with E-state index >= 15 is 0 Å². The van der Waals surface area contributed by atoms with Crippen LogP contribution in [0.15, 0.2) is 64.6 Å². The van der Waals surface area contributed by atoms with E-state index in [2.05, 4.69) is 5.32 Å². The summed E-state index contributed by atoms with van der Waals surface area (Å²) in [5, 5.41) is 12.0. The Morgan fingerprint density at radius 2 is 2.03 bits per heavy atom. The Morgan fingerprint density at radius 1 is 1.25 bits per heavy atom. The summed E-state index contributed by atoms with van der Waals surface area (Å²) in [7, 11) is 1.54. The molecule has 0 saturated carbocycles. The van der Waals surface area contributed by atoms with Gasteiger partial charge in [0.05, 0.1) is 42.2 Å². The smallest absolute Gasteiger partial charge is 0.316 e. The fraction of sp³-hybridized carbons (Fsp3) is 0.261.